The van der Waals surface area contributed by atoms with Crippen molar-refractivity contribution in [3.05, 3.63) is 17.7 Å². The van der Waals surface area contributed by atoms with Crippen molar-refractivity contribution < 1.29 is 19.0 Å². The number of ether oxygens (including phenoxy) is 3. The molecule has 2 unspecified atom stereocenters. The lowest BCUT2D eigenvalue weighted by Gasteiger charge is -2.26. The Bertz CT molecular complexity index is 518. The SMILES string of the molecule is COc1ccc(C2C(N)CC(=O)N2C)c(OC)c1OC. The molecule has 2 N–H and O–H groups in total. The highest BCUT2D eigenvalue weighted by Gasteiger charge is 2.38. The Hall–Kier alpha value is -1.95. The van der Waals surface area contributed by atoms with Crippen LogP contribution in [0.1, 0.15) is 18.0 Å². The first-order valence-electron chi connectivity index (χ1n) is 6.35. The van der Waals surface area contributed by atoms with Crippen molar-refractivity contribution >= 4 is 5.91 Å². The van der Waals surface area contributed by atoms with Gasteiger partial charge in [0.25, 0.3) is 0 Å². The second kappa shape index (κ2) is 5.58. The lowest BCUT2D eigenvalue weighted by atomic mass is 9.99. The summed E-state index contributed by atoms with van der Waals surface area (Å²) in [5, 5.41) is 0. The molecule has 1 aliphatic heterocycles. The second-order valence-electron chi connectivity index (χ2n) is 4.74. The van der Waals surface area contributed by atoms with E-state index in [0.717, 1.165) is 5.56 Å². The van der Waals surface area contributed by atoms with Crippen LogP contribution in [-0.2, 0) is 4.79 Å². The van der Waals surface area contributed by atoms with E-state index >= 15 is 0 Å². The first kappa shape index (κ1) is 14.5. The maximum absolute atomic E-state index is 11.8. The fourth-order valence-corrected chi connectivity index (χ4v) is 2.70. The first-order valence-corrected chi connectivity index (χ1v) is 6.35. The monoisotopic (exact) mass is 280 g/mol. The van der Waals surface area contributed by atoms with Gasteiger partial charge >= 0.3 is 0 Å². The maximum atomic E-state index is 11.8. The summed E-state index contributed by atoms with van der Waals surface area (Å²) < 4.78 is 16.1. The summed E-state index contributed by atoms with van der Waals surface area (Å²) in [5.74, 6) is 1.66. The summed E-state index contributed by atoms with van der Waals surface area (Å²) in [5.41, 5.74) is 6.91. The molecule has 1 amide bonds. The van der Waals surface area contributed by atoms with Crippen LogP contribution >= 0.6 is 0 Å². The fraction of sp³-hybridized carbons (Fsp3) is 0.500. The van der Waals surface area contributed by atoms with Gasteiger partial charge in [-0.05, 0) is 12.1 Å². The summed E-state index contributed by atoms with van der Waals surface area (Å²) in [6.45, 7) is 0. The number of rotatable bonds is 4. The lowest BCUT2D eigenvalue weighted by molar-refractivity contribution is -0.127. The highest BCUT2D eigenvalue weighted by Crippen LogP contribution is 2.45. The average molecular weight is 280 g/mol. The number of methoxy groups -OCH3 is 3. The zero-order valence-electron chi connectivity index (χ0n) is 12.2. The number of carbonyl (C=O) groups is 1. The molecule has 0 aromatic heterocycles. The van der Waals surface area contributed by atoms with E-state index < -0.39 is 0 Å². The summed E-state index contributed by atoms with van der Waals surface area (Å²) >= 11 is 0. The van der Waals surface area contributed by atoms with Gasteiger partial charge in [-0.15, -0.1) is 0 Å². The van der Waals surface area contributed by atoms with Gasteiger partial charge in [-0.25, -0.2) is 0 Å². The summed E-state index contributed by atoms with van der Waals surface area (Å²) in [7, 11) is 6.42. The molecule has 0 saturated carbocycles. The van der Waals surface area contributed by atoms with Crippen LogP contribution in [0.5, 0.6) is 17.2 Å². The fourth-order valence-electron chi connectivity index (χ4n) is 2.70. The Morgan fingerprint density at radius 3 is 2.25 bits per heavy atom. The van der Waals surface area contributed by atoms with Crippen LogP contribution in [0.3, 0.4) is 0 Å². The van der Waals surface area contributed by atoms with Crippen molar-refractivity contribution in [2.75, 3.05) is 28.4 Å². The third-order valence-electron chi connectivity index (χ3n) is 3.68. The van der Waals surface area contributed by atoms with Crippen LogP contribution in [0.25, 0.3) is 0 Å². The molecular formula is C14H20N2O4. The third-order valence-corrected chi connectivity index (χ3v) is 3.68. The van der Waals surface area contributed by atoms with Crippen LogP contribution < -0.4 is 19.9 Å². The van der Waals surface area contributed by atoms with E-state index in [0.29, 0.717) is 23.7 Å². The Morgan fingerprint density at radius 1 is 1.15 bits per heavy atom. The molecule has 1 aromatic carbocycles. The molecule has 1 aliphatic rings. The van der Waals surface area contributed by atoms with Crippen LogP contribution in [0.2, 0.25) is 0 Å². The third kappa shape index (κ3) is 2.16. The number of likely N-dealkylation sites (N-methyl/N-ethyl adjacent to an activating group) is 1. The summed E-state index contributed by atoms with van der Waals surface area (Å²) in [6.07, 6.45) is 0.332. The molecule has 0 aliphatic carbocycles. The molecule has 6 heteroatoms. The van der Waals surface area contributed by atoms with E-state index in [1.54, 1.807) is 39.3 Å². The van der Waals surface area contributed by atoms with Gasteiger partial charge in [0, 0.05) is 25.1 Å². The predicted molar refractivity (Wildman–Crippen MR) is 74.2 cm³/mol. The van der Waals surface area contributed by atoms with Gasteiger partial charge in [-0.3, -0.25) is 4.79 Å². The number of hydrogen-bond acceptors (Lipinski definition) is 5. The number of benzene rings is 1. The molecular weight excluding hydrogens is 260 g/mol. The maximum Gasteiger partial charge on any atom is 0.224 e. The first-order chi connectivity index (χ1) is 9.54. The van der Waals surface area contributed by atoms with E-state index in [1.807, 2.05) is 6.07 Å². The minimum absolute atomic E-state index is 0.0272. The van der Waals surface area contributed by atoms with Gasteiger partial charge in [0.05, 0.1) is 27.4 Å². The molecule has 6 nitrogen and oxygen atoms in total. The smallest absolute Gasteiger partial charge is 0.224 e. The van der Waals surface area contributed by atoms with Crippen molar-refractivity contribution in [2.45, 2.75) is 18.5 Å². The molecule has 1 saturated heterocycles. The predicted octanol–water partition coefficient (Wildman–Crippen LogP) is 0.943. The highest BCUT2D eigenvalue weighted by atomic mass is 16.5. The average Bonchev–Trinajstić information content (AvgIpc) is 2.70. The van der Waals surface area contributed by atoms with E-state index in [4.69, 9.17) is 19.9 Å². The van der Waals surface area contributed by atoms with Crippen LogP contribution in [0.15, 0.2) is 12.1 Å². The van der Waals surface area contributed by atoms with Gasteiger partial charge in [-0.2, -0.15) is 0 Å². The highest BCUT2D eigenvalue weighted by molar-refractivity contribution is 5.80. The van der Waals surface area contributed by atoms with Gasteiger partial charge in [-0.1, -0.05) is 0 Å². The van der Waals surface area contributed by atoms with Crippen molar-refractivity contribution in [1.29, 1.82) is 0 Å². The van der Waals surface area contributed by atoms with Gasteiger partial charge in [0.2, 0.25) is 11.7 Å². The Morgan fingerprint density at radius 2 is 1.80 bits per heavy atom. The van der Waals surface area contributed by atoms with Crippen molar-refractivity contribution in [3.63, 3.8) is 0 Å². The molecule has 2 rings (SSSR count). The molecule has 0 bridgehead atoms. The number of nitrogens with zero attached hydrogens (tertiary/aromatic N) is 1. The van der Waals surface area contributed by atoms with Gasteiger partial charge in [0.1, 0.15) is 0 Å². The summed E-state index contributed by atoms with van der Waals surface area (Å²) in [6, 6.07) is 3.16. The number of amides is 1. The van der Waals surface area contributed by atoms with Gasteiger partial charge < -0.3 is 24.8 Å². The van der Waals surface area contributed by atoms with E-state index in [-0.39, 0.29) is 18.0 Å². The number of likely N-dealkylation sites (tertiary alicyclic amines) is 1. The minimum atomic E-state index is -0.264. The molecule has 1 aromatic rings. The number of hydrogen-bond donors (Lipinski definition) is 1. The number of nitrogens with two attached hydrogens (primary N) is 1. The Balaban J connectivity index is 2.54. The van der Waals surface area contributed by atoms with Gasteiger partial charge in [0.15, 0.2) is 11.5 Å². The quantitative estimate of drug-likeness (QED) is 0.888. The molecule has 2 atom stereocenters. The topological polar surface area (TPSA) is 74.0 Å². The molecule has 20 heavy (non-hydrogen) atoms. The van der Waals surface area contributed by atoms with Crippen molar-refractivity contribution in [2.24, 2.45) is 5.73 Å². The zero-order chi connectivity index (χ0) is 14.9. The normalized spacial score (nSPS) is 22.1. The van der Waals surface area contributed by atoms with Crippen LogP contribution in [-0.4, -0.2) is 45.2 Å². The van der Waals surface area contributed by atoms with E-state index in [1.165, 1.54) is 0 Å². The lowest BCUT2D eigenvalue weighted by Crippen LogP contribution is -2.30. The van der Waals surface area contributed by atoms with Crippen molar-refractivity contribution in [3.8, 4) is 17.2 Å². The largest absolute Gasteiger partial charge is 0.493 e. The Kier molecular flexibility index (Phi) is 4.04. The molecule has 0 radical (unpaired) electrons. The minimum Gasteiger partial charge on any atom is -0.493 e. The van der Waals surface area contributed by atoms with Crippen LogP contribution in [0, 0.1) is 0 Å². The molecule has 110 valence electrons. The zero-order valence-corrected chi connectivity index (χ0v) is 12.2. The van der Waals surface area contributed by atoms with E-state index in [2.05, 4.69) is 0 Å². The molecule has 1 heterocycles. The standard InChI is InChI=1S/C14H20N2O4/c1-16-11(17)7-9(15)12(16)8-5-6-10(18-2)14(20-4)13(8)19-3/h5-6,9,12H,7,15H2,1-4H3. The Labute approximate surface area is 118 Å². The number of carbonyl (C=O) groups excluding carboxylic acids is 1. The molecule has 1 fully saturated rings. The van der Waals surface area contributed by atoms with Crippen LogP contribution in [0.4, 0.5) is 0 Å². The summed E-state index contributed by atoms with van der Waals surface area (Å²) in [4.78, 5) is 13.4. The van der Waals surface area contributed by atoms with Crippen molar-refractivity contribution in [1.82, 2.24) is 4.90 Å². The van der Waals surface area contributed by atoms with E-state index in [9.17, 15) is 4.79 Å². The second-order valence-corrected chi connectivity index (χ2v) is 4.74. The molecule has 0 spiro atoms.